The van der Waals surface area contributed by atoms with Crippen LogP contribution in [0.5, 0.6) is 0 Å². The summed E-state index contributed by atoms with van der Waals surface area (Å²) in [5.74, 6) is -0.124. The molecular formula is C62H117NO5. The molecule has 400 valence electrons. The quantitative estimate of drug-likeness (QED) is 0.0321. The molecule has 2 unspecified atom stereocenters. The lowest BCUT2D eigenvalue weighted by atomic mass is 10.0. The second kappa shape index (κ2) is 57.7. The predicted octanol–water partition coefficient (Wildman–Crippen LogP) is 18.8. The summed E-state index contributed by atoms with van der Waals surface area (Å²) in [6, 6.07) is -0.649. The van der Waals surface area contributed by atoms with Crippen molar-refractivity contribution in [3.63, 3.8) is 0 Å². The maximum Gasteiger partial charge on any atom is 0.305 e. The molecule has 0 radical (unpaired) electrons. The fourth-order valence-electron chi connectivity index (χ4n) is 9.21. The molecule has 0 aromatic carbocycles. The van der Waals surface area contributed by atoms with Crippen molar-refractivity contribution < 1.29 is 24.5 Å². The van der Waals surface area contributed by atoms with E-state index in [4.69, 9.17) is 4.74 Å². The first-order chi connectivity index (χ1) is 33.5. The second-order valence-electron chi connectivity index (χ2n) is 20.7. The first-order valence-corrected chi connectivity index (χ1v) is 30.3. The van der Waals surface area contributed by atoms with Crippen LogP contribution in [0.3, 0.4) is 0 Å². The third-order valence-electron chi connectivity index (χ3n) is 13.9. The zero-order chi connectivity index (χ0) is 49.3. The number of nitrogens with one attached hydrogen (secondary N) is 1. The summed E-state index contributed by atoms with van der Waals surface area (Å²) in [5, 5.41) is 23.2. The molecule has 0 heterocycles. The highest BCUT2D eigenvalue weighted by atomic mass is 16.5. The first-order valence-electron chi connectivity index (χ1n) is 30.3. The van der Waals surface area contributed by atoms with Gasteiger partial charge in [0.25, 0.3) is 0 Å². The standard InChI is InChI=1S/C62H117NO5/c1-3-5-7-9-11-13-15-17-19-20-21-22-23-24-25-26-27-29-30-34-38-42-46-50-54-60(65)59(58-64)63-61(66)55-51-47-43-39-35-32-33-37-41-45-49-53-57-68-62(67)56-52-48-44-40-36-31-28-18-16-14-12-10-8-6-4-2/h18,28,33,37,50,54,59-60,64-65H,3-17,19-27,29-32,34-36,38-49,51-53,55-58H2,1-2H3,(H,63,66)/b28-18-,37-33-,54-50+. The van der Waals surface area contributed by atoms with Crippen LogP contribution in [-0.4, -0.2) is 47.4 Å². The third-order valence-corrected chi connectivity index (χ3v) is 13.9. The van der Waals surface area contributed by atoms with Gasteiger partial charge in [-0.25, -0.2) is 0 Å². The number of hydrogen-bond acceptors (Lipinski definition) is 5. The fourth-order valence-corrected chi connectivity index (χ4v) is 9.21. The van der Waals surface area contributed by atoms with Gasteiger partial charge in [0, 0.05) is 12.8 Å². The molecule has 1 amide bonds. The summed E-state index contributed by atoms with van der Waals surface area (Å²) in [6.45, 7) is 4.85. The van der Waals surface area contributed by atoms with E-state index >= 15 is 0 Å². The van der Waals surface area contributed by atoms with Gasteiger partial charge in [-0.3, -0.25) is 9.59 Å². The minimum Gasteiger partial charge on any atom is -0.466 e. The van der Waals surface area contributed by atoms with E-state index in [9.17, 15) is 19.8 Å². The normalized spacial score (nSPS) is 12.8. The summed E-state index contributed by atoms with van der Waals surface area (Å²) in [7, 11) is 0. The zero-order valence-electron chi connectivity index (χ0n) is 45.6. The molecule has 0 rings (SSSR count). The van der Waals surface area contributed by atoms with Gasteiger partial charge in [-0.1, -0.05) is 256 Å². The minimum absolute atomic E-state index is 0.0319. The van der Waals surface area contributed by atoms with Gasteiger partial charge in [-0.2, -0.15) is 0 Å². The number of rotatable bonds is 56. The Morgan fingerprint density at radius 2 is 0.691 bits per heavy atom. The van der Waals surface area contributed by atoms with Crippen molar-refractivity contribution >= 4 is 11.9 Å². The number of carbonyl (C=O) groups is 2. The minimum atomic E-state index is -0.863. The Morgan fingerprint density at radius 1 is 0.397 bits per heavy atom. The smallest absolute Gasteiger partial charge is 0.305 e. The lowest BCUT2D eigenvalue weighted by Crippen LogP contribution is -2.45. The van der Waals surface area contributed by atoms with E-state index in [0.717, 1.165) is 83.5 Å². The summed E-state index contributed by atoms with van der Waals surface area (Å²) >= 11 is 0. The molecule has 68 heavy (non-hydrogen) atoms. The number of aliphatic hydroxyl groups excluding tert-OH is 2. The Balaban J connectivity index is 3.53. The van der Waals surface area contributed by atoms with E-state index in [1.807, 2.05) is 6.08 Å². The van der Waals surface area contributed by atoms with Gasteiger partial charge in [0.15, 0.2) is 0 Å². The van der Waals surface area contributed by atoms with Crippen LogP contribution < -0.4 is 5.32 Å². The fraction of sp³-hybridized carbons (Fsp3) is 0.871. The van der Waals surface area contributed by atoms with E-state index in [0.29, 0.717) is 19.4 Å². The molecule has 6 heteroatoms. The number of ether oxygens (including phenoxy) is 1. The highest BCUT2D eigenvalue weighted by Crippen LogP contribution is 2.17. The van der Waals surface area contributed by atoms with Crippen LogP contribution in [0.15, 0.2) is 36.5 Å². The number of aliphatic hydroxyl groups is 2. The molecule has 2 atom stereocenters. The topological polar surface area (TPSA) is 95.9 Å². The van der Waals surface area contributed by atoms with Crippen LogP contribution in [0.25, 0.3) is 0 Å². The Kier molecular flexibility index (Phi) is 56.0. The summed E-state index contributed by atoms with van der Waals surface area (Å²) in [5.41, 5.74) is 0. The lowest BCUT2D eigenvalue weighted by Gasteiger charge is -2.20. The molecule has 0 aliphatic heterocycles. The summed E-state index contributed by atoms with van der Waals surface area (Å²) < 4.78 is 5.45. The number of amides is 1. The maximum absolute atomic E-state index is 12.5. The predicted molar refractivity (Wildman–Crippen MR) is 296 cm³/mol. The van der Waals surface area contributed by atoms with Gasteiger partial charge in [0.1, 0.15) is 0 Å². The van der Waals surface area contributed by atoms with E-state index < -0.39 is 12.1 Å². The molecule has 0 spiro atoms. The number of unbranched alkanes of at least 4 members (excludes halogenated alkanes) is 41. The second-order valence-corrected chi connectivity index (χ2v) is 20.7. The van der Waals surface area contributed by atoms with Crippen molar-refractivity contribution in [3.05, 3.63) is 36.5 Å². The van der Waals surface area contributed by atoms with Crippen LogP contribution in [0.1, 0.15) is 322 Å². The van der Waals surface area contributed by atoms with Crippen LogP contribution in [0.2, 0.25) is 0 Å². The number of hydrogen-bond donors (Lipinski definition) is 3. The first kappa shape index (κ1) is 66.1. The number of esters is 1. The van der Waals surface area contributed by atoms with Crippen molar-refractivity contribution in [3.8, 4) is 0 Å². The lowest BCUT2D eigenvalue weighted by molar-refractivity contribution is -0.143. The van der Waals surface area contributed by atoms with Crippen molar-refractivity contribution in [1.29, 1.82) is 0 Å². The molecule has 0 saturated carbocycles. The molecule has 0 aliphatic carbocycles. The largest absolute Gasteiger partial charge is 0.466 e. The number of allylic oxidation sites excluding steroid dienone is 5. The van der Waals surface area contributed by atoms with E-state index in [2.05, 4.69) is 43.5 Å². The van der Waals surface area contributed by atoms with Crippen LogP contribution in [0, 0.1) is 0 Å². The van der Waals surface area contributed by atoms with Gasteiger partial charge in [-0.05, 0) is 89.9 Å². The maximum atomic E-state index is 12.5. The van der Waals surface area contributed by atoms with Gasteiger partial charge < -0.3 is 20.3 Å². The third kappa shape index (κ3) is 53.4. The van der Waals surface area contributed by atoms with Gasteiger partial charge >= 0.3 is 5.97 Å². The number of carbonyl (C=O) groups excluding carboxylic acids is 2. The van der Waals surface area contributed by atoms with Crippen molar-refractivity contribution in [2.75, 3.05) is 13.2 Å². The van der Waals surface area contributed by atoms with Crippen LogP contribution >= 0.6 is 0 Å². The molecule has 6 nitrogen and oxygen atoms in total. The Morgan fingerprint density at radius 3 is 1.04 bits per heavy atom. The molecule has 0 aliphatic rings. The van der Waals surface area contributed by atoms with E-state index in [-0.39, 0.29) is 18.5 Å². The SMILES string of the molecule is CCCCCCCC/C=C\CCCCCCCC(=O)OCCCCC/C=C\CCCCCCCC(=O)NC(CO)C(O)/C=C/CCCCCCCCCCCCCCCCCCCCCCCC. The van der Waals surface area contributed by atoms with E-state index in [1.54, 1.807) is 6.08 Å². The molecule has 3 N–H and O–H groups in total. The highest BCUT2D eigenvalue weighted by molar-refractivity contribution is 5.76. The molecule has 0 saturated heterocycles. The average Bonchev–Trinajstić information content (AvgIpc) is 3.34. The van der Waals surface area contributed by atoms with Crippen LogP contribution in [-0.2, 0) is 14.3 Å². The van der Waals surface area contributed by atoms with Crippen LogP contribution in [0.4, 0.5) is 0 Å². The van der Waals surface area contributed by atoms with Gasteiger partial charge in [0.2, 0.25) is 5.91 Å². The Bertz CT molecular complexity index is 1100. The Hall–Kier alpha value is -1.92. The molecule has 0 fully saturated rings. The molecule has 0 aromatic rings. The summed E-state index contributed by atoms with van der Waals surface area (Å²) in [6.07, 6.45) is 71.8. The monoisotopic (exact) mass is 956 g/mol. The molecule has 0 aromatic heterocycles. The van der Waals surface area contributed by atoms with Crippen molar-refractivity contribution in [2.24, 2.45) is 0 Å². The van der Waals surface area contributed by atoms with E-state index in [1.165, 1.54) is 212 Å². The van der Waals surface area contributed by atoms with Gasteiger partial charge in [0.05, 0.1) is 25.4 Å². The van der Waals surface area contributed by atoms with Crippen molar-refractivity contribution in [2.45, 2.75) is 334 Å². The summed E-state index contributed by atoms with van der Waals surface area (Å²) in [4.78, 5) is 24.5. The average molecular weight is 957 g/mol. The van der Waals surface area contributed by atoms with Gasteiger partial charge in [-0.15, -0.1) is 0 Å². The Labute approximate surface area is 424 Å². The highest BCUT2D eigenvalue weighted by Gasteiger charge is 2.18. The molecule has 0 bridgehead atoms. The zero-order valence-corrected chi connectivity index (χ0v) is 45.6. The van der Waals surface area contributed by atoms with Crippen molar-refractivity contribution in [1.82, 2.24) is 5.32 Å². The molecular weight excluding hydrogens is 839 g/mol.